The minimum atomic E-state index is -0.851. The lowest BCUT2D eigenvalue weighted by Gasteiger charge is -2.28. The van der Waals surface area contributed by atoms with Gasteiger partial charge >= 0.3 is 0 Å². The lowest BCUT2D eigenvalue weighted by Crippen LogP contribution is -2.24. The zero-order valence-corrected chi connectivity index (χ0v) is 10.4. The van der Waals surface area contributed by atoms with E-state index in [-0.39, 0.29) is 5.56 Å². The summed E-state index contributed by atoms with van der Waals surface area (Å²) in [7, 11) is 0. The Morgan fingerprint density at radius 2 is 2.05 bits per heavy atom. The highest BCUT2D eigenvalue weighted by molar-refractivity contribution is 5.59. The van der Waals surface area contributed by atoms with Gasteiger partial charge in [-0.25, -0.2) is 8.78 Å². The van der Waals surface area contributed by atoms with Crippen LogP contribution in [0.25, 0.3) is 0 Å². The first-order valence-electron chi connectivity index (χ1n) is 6.10. The van der Waals surface area contributed by atoms with Crippen LogP contribution >= 0.6 is 0 Å². The molecule has 2 nitrogen and oxygen atoms in total. The lowest BCUT2D eigenvalue weighted by atomic mass is 10.1. The number of nitrogens with one attached hydrogen (secondary N) is 1. The minimum absolute atomic E-state index is 0.235. The molecular weight excluding hydrogens is 248 g/mol. The molecule has 1 unspecified atom stereocenters. The van der Waals surface area contributed by atoms with Crippen molar-refractivity contribution in [3.8, 4) is 5.75 Å². The van der Waals surface area contributed by atoms with Crippen LogP contribution in [0.1, 0.15) is 17.2 Å². The molecule has 0 bridgehead atoms. The van der Waals surface area contributed by atoms with Crippen molar-refractivity contribution in [1.29, 1.82) is 0 Å². The number of hydrogen-bond acceptors (Lipinski definition) is 2. The summed E-state index contributed by atoms with van der Waals surface area (Å²) in [6.07, 6.45) is -0.522. The standard InChI is InChI=1S/C15H13F2NO/c1-9-5-6-13-12(7-9)18-8-14(19-13)10-3-2-4-11(16)15(10)17/h2-7,14,18H,8H2,1H3. The van der Waals surface area contributed by atoms with E-state index in [0.29, 0.717) is 12.3 Å². The predicted octanol–water partition coefficient (Wildman–Crippen LogP) is 3.82. The normalized spacial score (nSPS) is 17.3. The maximum atomic E-state index is 13.7. The Morgan fingerprint density at radius 1 is 1.21 bits per heavy atom. The van der Waals surface area contributed by atoms with Crippen LogP contribution in [0.5, 0.6) is 5.75 Å². The molecule has 0 aromatic heterocycles. The molecule has 1 aliphatic heterocycles. The highest BCUT2D eigenvalue weighted by Crippen LogP contribution is 2.35. The van der Waals surface area contributed by atoms with E-state index in [9.17, 15) is 8.78 Å². The first kappa shape index (κ1) is 12.0. The Bertz CT molecular complexity index is 628. The SMILES string of the molecule is Cc1ccc2c(c1)NCC(c1cccc(F)c1F)O2. The number of fused-ring (bicyclic) bond motifs is 1. The van der Waals surface area contributed by atoms with Gasteiger partial charge in [-0.05, 0) is 30.7 Å². The van der Waals surface area contributed by atoms with Gasteiger partial charge in [0.15, 0.2) is 11.6 Å². The largest absolute Gasteiger partial charge is 0.482 e. The van der Waals surface area contributed by atoms with E-state index in [2.05, 4.69) is 5.32 Å². The average Bonchev–Trinajstić information content (AvgIpc) is 2.41. The fraction of sp³-hybridized carbons (Fsp3) is 0.200. The van der Waals surface area contributed by atoms with E-state index < -0.39 is 17.7 Å². The second-order valence-corrected chi connectivity index (χ2v) is 4.63. The average molecular weight is 261 g/mol. The van der Waals surface area contributed by atoms with Crippen molar-refractivity contribution in [1.82, 2.24) is 0 Å². The highest BCUT2D eigenvalue weighted by atomic mass is 19.2. The molecule has 0 aliphatic carbocycles. The number of hydrogen-bond donors (Lipinski definition) is 1. The zero-order valence-electron chi connectivity index (χ0n) is 10.4. The monoisotopic (exact) mass is 261 g/mol. The van der Waals surface area contributed by atoms with Gasteiger partial charge < -0.3 is 10.1 Å². The smallest absolute Gasteiger partial charge is 0.165 e. The first-order valence-corrected chi connectivity index (χ1v) is 6.10. The third kappa shape index (κ3) is 2.14. The molecule has 0 amide bonds. The van der Waals surface area contributed by atoms with Gasteiger partial charge in [0.05, 0.1) is 12.2 Å². The summed E-state index contributed by atoms with van der Waals surface area (Å²) in [5, 5.41) is 3.18. The maximum Gasteiger partial charge on any atom is 0.165 e. The number of benzene rings is 2. The topological polar surface area (TPSA) is 21.3 Å². The van der Waals surface area contributed by atoms with Crippen molar-refractivity contribution in [3.05, 3.63) is 59.2 Å². The molecule has 3 rings (SSSR count). The minimum Gasteiger partial charge on any atom is -0.482 e. The summed E-state index contributed by atoms with van der Waals surface area (Å²) >= 11 is 0. The Morgan fingerprint density at radius 3 is 2.89 bits per heavy atom. The van der Waals surface area contributed by atoms with E-state index >= 15 is 0 Å². The number of anilines is 1. The number of aryl methyl sites for hydroxylation is 1. The second kappa shape index (κ2) is 4.53. The fourth-order valence-electron chi connectivity index (χ4n) is 2.22. The van der Waals surface area contributed by atoms with Crippen LogP contribution in [0, 0.1) is 18.6 Å². The summed E-state index contributed by atoms with van der Waals surface area (Å²) < 4.78 is 32.7. The summed E-state index contributed by atoms with van der Waals surface area (Å²) in [5.74, 6) is -1.04. The van der Waals surface area contributed by atoms with Crippen LogP contribution in [0.4, 0.5) is 14.5 Å². The van der Waals surface area contributed by atoms with E-state index in [0.717, 1.165) is 17.3 Å². The maximum absolute atomic E-state index is 13.7. The summed E-state index contributed by atoms with van der Waals surface area (Å²) in [6, 6.07) is 9.86. The fourth-order valence-corrected chi connectivity index (χ4v) is 2.22. The molecule has 0 radical (unpaired) electrons. The van der Waals surface area contributed by atoms with Crippen LogP contribution in [-0.2, 0) is 0 Å². The van der Waals surface area contributed by atoms with Gasteiger partial charge in [-0.1, -0.05) is 18.2 Å². The molecule has 1 aliphatic rings. The Kier molecular flexibility index (Phi) is 2.85. The number of halogens is 2. The van der Waals surface area contributed by atoms with E-state index in [1.807, 2.05) is 25.1 Å². The number of rotatable bonds is 1. The summed E-state index contributed by atoms with van der Waals surface area (Å²) in [5.41, 5.74) is 2.23. The summed E-state index contributed by atoms with van der Waals surface area (Å²) in [4.78, 5) is 0. The van der Waals surface area contributed by atoms with Gasteiger partial charge in [0, 0.05) is 5.56 Å². The van der Waals surface area contributed by atoms with Gasteiger partial charge in [-0.15, -0.1) is 0 Å². The molecule has 2 aromatic carbocycles. The third-order valence-corrected chi connectivity index (χ3v) is 3.21. The zero-order chi connectivity index (χ0) is 13.4. The molecule has 98 valence electrons. The van der Waals surface area contributed by atoms with Crippen LogP contribution in [0.2, 0.25) is 0 Å². The van der Waals surface area contributed by atoms with Crippen molar-refractivity contribution in [3.63, 3.8) is 0 Å². The molecule has 0 saturated heterocycles. The van der Waals surface area contributed by atoms with Crippen LogP contribution < -0.4 is 10.1 Å². The Labute approximate surface area is 110 Å². The molecule has 0 fully saturated rings. The van der Waals surface area contributed by atoms with Gasteiger partial charge in [-0.3, -0.25) is 0 Å². The van der Waals surface area contributed by atoms with Gasteiger partial charge in [0.25, 0.3) is 0 Å². The van der Waals surface area contributed by atoms with E-state index in [4.69, 9.17) is 4.74 Å². The molecule has 2 aromatic rings. The molecule has 1 atom stereocenters. The molecule has 19 heavy (non-hydrogen) atoms. The Balaban J connectivity index is 1.93. The Hall–Kier alpha value is -2.10. The second-order valence-electron chi connectivity index (χ2n) is 4.63. The first-order chi connectivity index (χ1) is 9.15. The van der Waals surface area contributed by atoms with Crippen molar-refractivity contribution in [2.75, 3.05) is 11.9 Å². The van der Waals surface area contributed by atoms with Gasteiger partial charge in [0.1, 0.15) is 11.9 Å². The van der Waals surface area contributed by atoms with Crippen molar-refractivity contribution in [2.24, 2.45) is 0 Å². The van der Waals surface area contributed by atoms with E-state index in [1.54, 1.807) is 6.07 Å². The van der Waals surface area contributed by atoms with Gasteiger partial charge in [-0.2, -0.15) is 0 Å². The molecule has 4 heteroatoms. The van der Waals surface area contributed by atoms with Crippen LogP contribution in [0.3, 0.4) is 0 Å². The van der Waals surface area contributed by atoms with Gasteiger partial charge in [0.2, 0.25) is 0 Å². The van der Waals surface area contributed by atoms with E-state index in [1.165, 1.54) is 6.07 Å². The molecule has 1 heterocycles. The third-order valence-electron chi connectivity index (χ3n) is 3.21. The molecule has 0 spiro atoms. The quantitative estimate of drug-likeness (QED) is 0.842. The summed E-state index contributed by atoms with van der Waals surface area (Å²) in [6.45, 7) is 2.40. The molecular formula is C15H13F2NO. The predicted molar refractivity (Wildman–Crippen MR) is 69.4 cm³/mol. The highest BCUT2D eigenvalue weighted by Gasteiger charge is 2.24. The number of ether oxygens (including phenoxy) is 1. The van der Waals surface area contributed by atoms with Crippen LogP contribution in [0.15, 0.2) is 36.4 Å². The van der Waals surface area contributed by atoms with Crippen molar-refractivity contribution >= 4 is 5.69 Å². The lowest BCUT2D eigenvalue weighted by molar-refractivity contribution is 0.204. The molecule has 1 N–H and O–H groups in total. The van der Waals surface area contributed by atoms with Crippen molar-refractivity contribution in [2.45, 2.75) is 13.0 Å². The van der Waals surface area contributed by atoms with Crippen molar-refractivity contribution < 1.29 is 13.5 Å². The molecule has 0 saturated carbocycles. The van der Waals surface area contributed by atoms with Crippen LogP contribution in [-0.4, -0.2) is 6.54 Å².